The summed E-state index contributed by atoms with van der Waals surface area (Å²) in [5.74, 6) is -0.474. The molecule has 0 aromatic carbocycles. The van der Waals surface area contributed by atoms with Crippen molar-refractivity contribution in [3.63, 3.8) is 0 Å². The Kier molecular flexibility index (Phi) is 3.02. The molecule has 2 heterocycles. The van der Waals surface area contributed by atoms with Gasteiger partial charge in [0.25, 0.3) is 0 Å². The molecule has 2 rings (SSSR count). The number of ether oxygens (including phenoxy) is 2. The summed E-state index contributed by atoms with van der Waals surface area (Å²) < 4.78 is 9.77. The van der Waals surface area contributed by atoms with Crippen LogP contribution in [0.2, 0.25) is 0 Å². The molecule has 0 spiro atoms. The molecular formula is C10H15NO4. The fourth-order valence-electron chi connectivity index (χ4n) is 2.10. The number of cyclic esters (lactones) is 2. The molecule has 2 unspecified atom stereocenters. The largest absolute Gasteiger partial charge is 0.391 e. The molecule has 0 N–H and O–H groups in total. The molecule has 0 aliphatic carbocycles. The first-order valence-electron chi connectivity index (χ1n) is 5.22. The maximum Gasteiger partial charge on any atom is 0.327 e. The van der Waals surface area contributed by atoms with Crippen LogP contribution in [0.3, 0.4) is 0 Å². The van der Waals surface area contributed by atoms with E-state index in [-0.39, 0.29) is 19.1 Å². The summed E-state index contributed by atoms with van der Waals surface area (Å²) in [6.07, 6.45) is 1.00. The highest BCUT2D eigenvalue weighted by Crippen LogP contribution is 2.21. The number of nitrogens with zero attached hydrogens (tertiary/aromatic N) is 1. The first-order valence-corrected chi connectivity index (χ1v) is 5.22. The number of morpholine rings is 1. The summed E-state index contributed by atoms with van der Waals surface area (Å²) in [5, 5.41) is 0. The summed E-state index contributed by atoms with van der Waals surface area (Å²) in [7, 11) is 0. The molecule has 84 valence electrons. The Balaban J connectivity index is 1.96. The summed E-state index contributed by atoms with van der Waals surface area (Å²) in [4.78, 5) is 24.0. The Morgan fingerprint density at radius 2 is 2.00 bits per heavy atom. The van der Waals surface area contributed by atoms with Crippen molar-refractivity contribution >= 4 is 11.9 Å². The minimum atomic E-state index is -0.447. The van der Waals surface area contributed by atoms with Gasteiger partial charge in [0.15, 0.2) is 0 Å². The van der Waals surface area contributed by atoms with E-state index in [9.17, 15) is 9.59 Å². The molecule has 2 aliphatic rings. The zero-order chi connectivity index (χ0) is 10.8. The summed E-state index contributed by atoms with van der Waals surface area (Å²) in [6.45, 7) is 3.96. The molecule has 0 aromatic rings. The number of carbonyl (C=O) groups is 2. The third kappa shape index (κ3) is 2.35. The summed E-state index contributed by atoms with van der Waals surface area (Å²) >= 11 is 0. The fraction of sp³-hybridized carbons (Fsp3) is 0.800. The first kappa shape index (κ1) is 10.6. The minimum absolute atomic E-state index is 0.198. The van der Waals surface area contributed by atoms with E-state index in [2.05, 4.69) is 4.74 Å². The highest BCUT2D eigenvalue weighted by atomic mass is 16.6. The predicted octanol–water partition coefficient (Wildman–Crippen LogP) is -0.203. The summed E-state index contributed by atoms with van der Waals surface area (Å²) in [5.41, 5.74) is 0. The molecule has 5 heteroatoms. The highest BCUT2D eigenvalue weighted by Gasteiger charge is 2.33. The second-order valence-electron chi connectivity index (χ2n) is 4.12. The van der Waals surface area contributed by atoms with Gasteiger partial charge in [-0.25, -0.2) is 0 Å². The Morgan fingerprint density at radius 3 is 2.53 bits per heavy atom. The van der Waals surface area contributed by atoms with Crippen LogP contribution in [0.4, 0.5) is 0 Å². The third-order valence-corrected chi connectivity index (χ3v) is 3.12. The second kappa shape index (κ2) is 4.28. The zero-order valence-corrected chi connectivity index (χ0v) is 8.77. The SMILES string of the molecule is CC(C1CCOC1)N1CC(=O)OC(=O)C1. The van der Waals surface area contributed by atoms with Crippen molar-refractivity contribution in [1.82, 2.24) is 4.90 Å². The van der Waals surface area contributed by atoms with Crippen LogP contribution >= 0.6 is 0 Å². The van der Waals surface area contributed by atoms with E-state index in [1.54, 1.807) is 0 Å². The summed E-state index contributed by atoms with van der Waals surface area (Å²) in [6, 6.07) is 0.198. The number of carbonyl (C=O) groups excluding carboxylic acids is 2. The number of esters is 2. The maximum atomic E-state index is 11.1. The molecule has 5 nitrogen and oxygen atoms in total. The van der Waals surface area contributed by atoms with Gasteiger partial charge in [0.05, 0.1) is 19.7 Å². The number of hydrogen-bond donors (Lipinski definition) is 0. The van der Waals surface area contributed by atoms with Gasteiger partial charge < -0.3 is 9.47 Å². The van der Waals surface area contributed by atoms with Crippen LogP contribution in [0.25, 0.3) is 0 Å². The van der Waals surface area contributed by atoms with Crippen LogP contribution in [0.15, 0.2) is 0 Å². The van der Waals surface area contributed by atoms with Crippen LogP contribution in [-0.2, 0) is 19.1 Å². The van der Waals surface area contributed by atoms with Crippen molar-refractivity contribution in [3.05, 3.63) is 0 Å². The molecule has 0 bridgehead atoms. The zero-order valence-electron chi connectivity index (χ0n) is 8.77. The van der Waals surface area contributed by atoms with E-state index in [0.29, 0.717) is 5.92 Å². The van der Waals surface area contributed by atoms with E-state index in [0.717, 1.165) is 19.6 Å². The Labute approximate surface area is 88.3 Å². The third-order valence-electron chi connectivity index (χ3n) is 3.12. The van der Waals surface area contributed by atoms with Crippen LogP contribution < -0.4 is 0 Å². The van der Waals surface area contributed by atoms with Crippen molar-refractivity contribution in [1.29, 1.82) is 0 Å². The monoisotopic (exact) mass is 213 g/mol. The average Bonchev–Trinajstić information content (AvgIpc) is 2.67. The van der Waals surface area contributed by atoms with E-state index in [1.165, 1.54) is 0 Å². The van der Waals surface area contributed by atoms with E-state index in [4.69, 9.17) is 4.74 Å². The number of rotatable bonds is 2. The van der Waals surface area contributed by atoms with Gasteiger partial charge >= 0.3 is 11.9 Å². The fourth-order valence-corrected chi connectivity index (χ4v) is 2.10. The van der Waals surface area contributed by atoms with Crippen LogP contribution in [0.5, 0.6) is 0 Å². The smallest absolute Gasteiger partial charge is 0.327 e. The molecule has 2 saturated heterocycles. The highest BCUT2D eigenvalue weighted by molar-refractivity contribution is 5.90. The van der Waals surface area contributed by atoms with Crippen molar-refractivity contribution in [2.45, 2.75) is 19.4 Å². The topological polar surface area (TPSA) is 55.8 Å². The van der Waals surface area contributed by atoms with Gasteiger partial charge in [-0.2, -0.15) is 0 Å². The molecule has 0 saturated carbocycles. The molecule has 0 aromatic heterocycles. The Hall–Kier alpha value is -0.940. The molecule has 2 fully saturated rings. The average molecular weight is 213 g/mol. The van der Waals surface area contributed by atoms with Gasteiger partial charge in [-0.1, -0.05) is 0 Å². The molecule has 0 amide bonds. The van der Waals surface area contributed by atoms with Gasteiger partial charge in [-0.15, -0.1) is 0 Å². The van der Waals surface area contributed by atoms with E-state index >= 15 is 0 Å². The van der Waals surface area contributed by atoms with Crippen molar-refractivity contribution in [2.75, 3.05) is 26.3 Å². The number of hydrogen-bond acceptors (Lipinski definition) is 5. The van der Waals surface area contributed by atoms with Gasteiger partial charge in [-0.05, 0) is 19.3 Å². The lowest BCUT2D eigenvalue weighted by Crippen LogP contribution is -2.49. The standard InChI is InChI=1S/C10H15NO4/c1-7(8-2-3-14-6-8)11-4-9(12)15-10(13)5-11/h7-8H,2-6H2,1H3. The molecule has 0 radical (unpaired) electrons. The Morgan fingerprint density at radius 1 is 1.33 bits per heavy atom. The Bertz CT molecular complexity index is 257. The lowest BCUT2D eigenvalue weighted by Gasteiger charge is -2.32. The predicted molar refractivity (Wildman–Crippen MR) is 51.1 cm³/mol. The maximum absolute atomic E-state index is 11.1. The van der Waals surface area contributed by atoms with Crippen molar-refractivity contribution in [2.24, 2.45) is 5.92 Å². The van der Waals surface area contributed by atoms with Gasteiger partial charge in [0, 0.05) is 12.6 Å². The van der Waals surface area contributed by atoms with E-state index < -0.39 is 11.9 Å². The second-order valence-corrected chi connectivity index (χ2v) is 4.12. The van der Waals surface area contributed by atoms with E-state index in [1.807, 2.05) is 11.8 Å². The molecule has 2 atom stereocenters. The van der Waals surface area contributed by atoms with Gasteiger partial charge in [0.2, 0.25) is 0 Å². The van der Waals surface area contributed by atoms with Crippen LogP contribution in [-0.4, -0.2) is 49.2 Å². The van der Waals surface area contributed by atoms with Crippen LogP contribution in [0, 0.1) is 5.92 Å². The lowest BCUT2D eigenvalue weighted by molar-refractivity contribution is -0.168. The van der Waals surface area contributed by atoms with Crippen molar-refractivity contribution in [3.8, 4) is 0 Å². The normalized spacial score (nSPS) is 30.3. The van der Waals surface area contributed by atoms with Gasteiger partial charge in [-0.3, -0.25) is 14.5 Å². The molecule has 2 aliphatic heterocycles. The van der Waals surface area contributed by atoms with Crippen LogP contribution in [0.1, 0.15) is 13.3 Å². The molecular weight excluding hydrogens is 198 g/mol. The van der Waals surface area contributed by atoms with Crippen molar-refractivity contribution < 1.29 is 19.1 Å². The molecule has 15 heavy (non-hydrogen) atoms. The quantitative estimate of drug-likeness (QED) is 0.469. The first-order chi connectivity index (χ1) is 7.16. The van der Waals surface area contributed by atoms with Gasteiger partial charge in [0.1, 0.15) is 0 Å². The lowest BCUT2D eigenvalue weighted by atomic mass is 9.99. The minimum Gasteiger partial charge on any atom is -0.391 e.